The second-order valence-electron chi connectivity index (χ2n) is 9.30. The van der Waals surface area contributed by atoms with Crippen LogP contribution in [0.4, 0.5) is 5.69 Å². The molecular weight excluding hydrogens is 362 g/mol. The molecule has 5 heteroatoms. The molecule has 0 radical (unpaired) electrons. The first-order chi connectivity index (χ1) is 14.1. The van der Waals surface area contributed by atoms with Crippen molar-refractivity contribution >= 4 is 5.69 Å². The summed E-state index contributed by atoms with van der Waals surface area (Å²) >= 11 is 0. The molecule has 0 aromatic heterocycles. The van der Waals surface area contributed by atoms with Gasteiger partial charge >= 0.3 is 0 Å². The fourth-order valence-corrected chi connectivity index (χ4v) is 5.49. The van der Waals surface area contributed by atoms with E-state index in [2.05, 4.69) is 41.8 Å². The molecule has 3 aliphatic heterocycles. The van der Waals surface area contributed by atoms with Gasteiger partial charge in [-0.1, -0.05) is 13.8 Å². The molecule has 5 nitrogen and oxygen atoms in total. The van der Waals surface area contributed by atoms with Gasteiger partial charge in [-0.2, -0.15) is 5.26 Å². The van der Waals surface area contributed by atoms with Gasteiger partial charge in [-0.3, -0.25) is 0 Å². The lowest BCUT2D eigenvalue weighted by molar-refractivity contribution is -0.0736. The van der Waals surface area contributed by atoms with Crippen LogP contribution < -0.4 is 4.90 Å². The third-order valence-electron chi connectivity index (χ3n) is 7.65. The molecule has 158 valence electrons. The Bertz CT molecular complexity index is 696. The second-order valence-corrected chi connectivity index (χ2v) is 9.30. The van der Waals surface area contributed by atoms with Crippen molar-refractivity contribution in [3.05, 3.63) is 29.8 Å². The van der Waals surface area contributed by atoms with Gasteiger partial charge in [0.2, 0.25) is 0 Å². The molecule has 3 fully saturated rings. The van der Waals surface area contributed by atoms with Gasteiger partial charge < -0.3 is 19.3 Å². The van der Waals surface area contributed by atoms with Crippen LogP contribution in [0.1, 0.15) is 45.1 Å². The summed E-state index contributed by atoms with van der Waals surface area (Å²) in [5, 5.41) is 8.99. The molecule has 3 saturated heterocycles. The summed E-state index contributed by atoms with van der Waals surface area (Å²) in [5.41, 5.74) is 2.29. The fourth-order valence-electron chi connectivity index (χ4n) is 5.49. The van der Waals surface area contributed by atoms with E-state index in [1.807, 2.05) is 12.1 Å². The van der Waals surface area contributed by atoms with Crippen molar-refractivity contribution in [3.63, 3.8) is 0 Å². The summed E-state index contributed by atoms with van der Waals surface area (Å²) in [6.45, 7) is 11.7. The lowest BCUT2D eigenvalue weighted by atomic mass is 9.78. The third kappa shape index (κ3) is 4.60. The topological polar surface area (TPSA) is 48.7 Å². The van der Waals surface area contributed by atoms with E-state index in [9.17, 15) is 0 Å². The van der Waals surface area contributed by atoms with Gasteiger partial charge in [0.15, 0.2) is 0 Å². The van der Waals surface area contributed by atoms with E-state index in [1.165, 1.54) is 31.6 Å². The molecule has 0 amide bonds. The molecule has 3 aliphatic rings. The minimum Gasteiger partial charge on any atom is -0.371 e. The molecule has 29 heavy (non-hydrogen) atoms. The van der Waals surface area contributed by atoms with E-state index in [1.54, 1.807) is 0 Å². The van der Waals surface area contributed by atoms with Crippen LogP contribution in [0.3, 0.4) is 0 Å². The number of nitriles is 1. The normalized spacial score (nSPS) is 29.4. The lowest BCUT2D eigenvalue weighted by Crippen LogP contribution is -2.33. The van der Waals surface area contributed by atoms with Crippen LogP contribution in [0.25, 0.3) is 0 Å². The highest BCUT2D eigenvalue weighted by Crippen LogP contribution is 2.37. The maximum Gasteiger partial charge on any atom is 0.147 e. The third-order valence-corrected chi connectivity index (χ3v) is 7.65. The van der Waals surface area contributed by atoms with E-state index in [0.29, 0.717) is 18.3 Å². The maximum absolute atomic E-state index is 8.99. The van der Waals surface area contributed by atoms with Crippen LogP contribution in [0.15, 0.2) is 24.3 Å². The number of hydrogen-bond donors (Lipinski definition) is 0. The van der Waals surface area contributed by atoms with Gasteiger partial charge in [-0.05, 0) is 67.2 Å². The van der Waals surface area contributed by atoms with Crippen molar-refractivity contribution in [2.45, 2.75) is 45.6 Å². The molecular formula is C24H35N3O2. The summed E-state index contributed by atoms with van der Waals surface area (Å²) in [5.74, 6) is 1.52. The highest BCUT2D eigenvalue weighted by atomic mass is 16.7. The molecule has 1 aromatic carbocycles. The quantitative estimate of drug-likeness (QED) is 0.729. The zero-order chi connectivity index (χ0) is 20.3. The predicted molar refractivity (Wildman–Crippen MR) is 115 cm³/mol. The summed E-state index contributed by atoms with van der Waals surface area (Å²) < 4.78 is 11.8. The van der Waals surface area contributed by atoms with Gasteiger partial charge in [-0.25, -0.2) is 0 Å². The molecule has 3 heterocycles. The SMILES string of the molecule is CCC1(CC)COCOC(CCN2CC3CN(c4ccc(C#N)cc4)CC3C2)C1. The van der Waals surface area contributed by atoms with Crippen LogP contribution in [-0.4, -0.2) is 57.1 Å². The summed E-state index contributed by atoms with van der Waals surface area (Å²) in [6.07, 6.45) is 4.91. The number of rotatable bonds is 6. The van der Waals surface area contributed by atoms with E-state index >= 15 is 0 Å². The monoisotopic (exact) mass is 397 g/mol. The number of nitrogens with zero attached hydrogens (tertiary/aromatic N) is 3. The fraction of sp³-hybridized carbons (Fsp3) is 0.708. The molecule has 4 rings (SSSR count). The van der Waals surface area contributed by atoms with E-state index in [4.69, 9.17) is 14.7 Å². The van der Waals surface area contributed by atoms with Crippen LogP contribution >= 0.6 is 0 Å². The van der Waals surface area contributed by atoms with Crippen LogP contribution in [-0.2, 0) is 9.47 Å². The molecule has 0 bridgehead atoms. The zero-order valence-corrected chi connectivity index (χ0v) is 18.0. The van der Waals surface area contributed by atoms with Crippen LogP contribution in [0.5, 0.6) is 0 Å². The number of benzene rings is 1. The van der Waals surface area contributed by atoms with Crippen molar-refractivity contribution < 1.29 is 9.47 Å². The highest BCUT2D eigenvalue weighted by Gasteiger charge is 2.40. The summed E-state index contributed by atoms with van der Waals surface area (Å²) in [4.78, 5) is 5.15. The van der Waals surface area contributed by atoms with Gasteiger partial charge in [0, 0.05) is 38.4 Å². The van der Waals surface area contributed by atoms with Crippen molar-refractivity contribution in [3.8, 4) is 6.07 Å². The molecule has 0 spiro atoms. The van der Waals surface area contributed by atoms with Gasteiger partial charge in [0.25, 0.3) is 0 Å². The Morgan fingerprint density at radius 3 is 2.38 bits per heavy atom. The Morgan fingerprint density at radius 2 is 1.76 bits per heavy atom. The predicted octanol–water partition coefficient (Wildman–Crippen LogP) is 3.89. The number of fused-ring (bicyclic) bond motifs is 1. The Kier molecular flexibility index (Phi) is 6.44. The largest absolute Gasteiger partial charge is 0.371 e. The van der Waals surface area contributed by atoms with Crippen molar-refractivity contribution in [1.29, 1.82) is 5.26 Å². The molecule has 3 atom stereocenters. The maximum atomic E-state index is 8.99. The Labute approximate surface area is 175 Å². The second kappa shape index (κ2) is 9.04. The minimum absolute atomic E-state index is 0.296. The average molecular weight is 398 g/mol. The van der Waals surface area contributed by atoms with E-state index in [-0.39, 0.29) is 0 Å². The first-order valence-electron chi connectivity index (χ1n) is 11.3. The molecule has 1 aromatic rings. The Morgan fingerprint density at radius 1 is 1.07 bits per heavy atom. The van der Waals surface area contributed by atoms with Crippen LogP contribution in [0.2, 0.25) is 0 Å². The van der Waals surface area contributed by atoms with Crippen LogP contribution in [0, 0.1) is 28.6 Å². The smallest absolute Gasteiger partial charge is 0.147 e. The van der Waals surface area contributed by atoms with E-state index < -0.39 is 0 Å². The number of anilines is 1. The first kappa shape index (κ1) is 20.7. The molecule has 0 aliphatic carbocycles. The van der Waals surface area contributed by atoms with Gasteiger partial charge in [0.1, 0.15) is 6.79 Å². The zero-order valence-electron chi connectivity index (χ0n) is 18.0. The van der Waals surface area contributed by atoms with E-state index in [0.717, 1.165) is 56.5 Å². The minimum atomic E-state index is 0.296. The average Bonchev–Trinajstić information content (AvgIpc) is 3.25. The van der Waals surface area contributed by atoms with Gasteiger partial charge in [-0.15, -0.1) is 0 Å². The molecule has 3 unspecified atom stereocenters. The lowest BCUT2D eigenvalue weighted by Gasteiger charge is -2.32. The first-order valence-corrected chi connectivity index (χ1v) is 11.3. The Balaban J connectivity index is 1.26. The summed E-state index contributed by atoms with van der Waals surface area (Å²) in [6, 6.07) is 10.3. The number of ether oxygens (including phenoxy) is 2. The van der Waals surface area contributed by atoms with Gasteiger partial charge in [0.05, 0.1) is 24.3 Å². The Hall–Kier alpha value is -1.61. The standard InChI is InChI=1S/C24H35N3O2/c1-3-24(4-2)11-23(29-18-28-17-24)9-10-26-13-20-15-27(16-21(20)14-26)22-7-5-19(12-25)6-8-22/h5-8,20-21,23H,3-4,9-11,13-18H2,1-2H3. The van der Waals surface area contributed by atoms with Crippen molar-refractivity contribution in [2.24, 2.45) is 17.3 Å². The number of hydrogen-bond acceptors (Lipinski definition) is 5. The summed E-state index contributed by atoms with van der Waals surface area (Å²) in [7, 11) is 0. The number of likely N-dealkylation sites (tertiary alicyclic amines) is 1. The highest BCUT2D eigenvalue weighted by molar-refractivity contribution is 5.50. The molecule has 0 N–H and O–H groups in total. The molecule has 0 saturated carbocycles. The van der Waals surface area contributed by atoms with Crippen molar-refractivity contribution in [2.75, 3.05) is 51.0 Å². The van der Waals surface area contributed by atoms with Crippen molar-refractivity contribution in [1.82, 2.24) is 4.90 Å².